The predicted octanol–water partition coefficient (Wildman–Crippen LogP) is 2.93. The summed E-state index contributed by atoms with van der Waals surface area (Å²) in [6, 6.07) is 7.30. The van der Waals surface area contributed by atoms with Crippen molar-refractivity contribution in [1.82, 2.24) is 0 Å². The van der Waals surface area contributed by atoms with Crippen LogP contribution in [0.2, 0.25) is 0 Å². The molecule has 19 heavy (non-hydrogen) atoms. The van der Waals surface area contributed by atoms with Gasteiger partial charge in [0.15, 0.2) is 0 Å². The van der Waals surface area contributed by atoms with Gasteiger partial charge < -0.3 is 9.84 Å². The molecule has 0 unspecified atom stereocenters. The normalized spacial score (nSPS) is 10.1. The first-order chi connectivity index (χ1) is 9.08. The fraction of sp³-hybridized carbons (Fsp3) is 0.0833. The summed E-state index contributed by atoms with van der Waals surface area (Å²) in [6.07, 6.45) is 0. The lowest BCUT2D eigenvalue weighted by Crippen LogP contribution is -2.01. The van der Waals surface area contributed by atoms with Crippen LogP contribution in [0.1, 0.15) is 15.2 Å². The third-order valence-electron chi connectivity index (χ3n) is 2.38. The van der Waals surface area contributed by atoms with Crippen LogP contribution >= 0.6 is 11.3 Å². The number of ether oxygens (including phenoxy) is 1. The second-order valence-corrected chi connectivity index (χ2v) is 4.54. The molecule has 0 aliphatic heterocycles. The van der Waals surface area contributed by atoms with Crippen LogP contribution in [-0.2, 0) is 6.61 Å². The van der Waals surface area contributed by atoms with Gasteiger partial charge in [0, 0.05) is 17.7 Å². The minimum Gasteiger partial charge on any atom is -0.489 e. The van der Waals surface area contributed by atoms with Gasteiger partial charge in [-0.3, -0.25) is 10.1 Å². The number of hydrogen-bond acceptors (Lipinski definition) is 5. The molecule has 1 aromatic heterocycles. The molecule has 1 aromatic carbocycles. The van der Waals surface area contributed by atoms with Crippen LogP contribution < -0.4 is 4.74 Å². The van der Waals surface area contributed by atoms with Crippen molar-refractivity contribution in [2.75, 3.05) is 0 Å². The van der Waals surface area contributed by atoms with Crippen LogP contribution in [0.4, 0.5) is 5.69 Å². The molecular formula is C12H9NO5S. The minimum absolute atomic E-state index is 0.0193. The quantitative estimate of drug-likeness (QED) is 0.671. The van der Waals surface area contributed by atoms with Crippen molar-refractivity contribution >= 4 is 23.0 Å². The van der Waals surface area contributed by atoms with Crippen molar-refractivity contribution in [3.8, 4) is 5.75 Å². The number of benzene rings is 1. The predicted molar refractivity (Wildman–Crippen MR) is 68.7 cm³/mol. The number of nitro benzene ring substituents is 1. The fourth-order valence-corrected chi connectivity index (χ4v) is 2.21. The van der Waals surface area contributed by atoms with E-state index in [1.807, 2.05) is 0 Å². The Morgan fingerprint density at radius 1 is 1.32 bits per heavy atom. The lowest BCUT2D eigenvalue weighted by Gasteiger charge is -2.05. The molecule has 0 atom stereocenters. The lowest BCUT2D eigenvalue weighted by atomic mass is 10.2. The molecule has 98 valence electrons. The van der Waals surface area contributed by atoms with Crippen LogP contribution in [0.15, 0.2) is 35.7 Å². The standard InChI is InChI=1S/C12H9NO5S/c14-12(15)11-8(5-6-19-11)7-18-10-3-1-9(2-4-10)13(16)17/h1-6H,7H2,(H,14,15). The summed E-state index contributed by atoms with van der Waals surface area (Å²) in [5, 5.41) is 21.1. The number of hydrogen-bond donors (Lipinski definition) is 1. The molecule has 0 bridgehead atoms. The number of nitrogens with zero attached hydrogens (tertiary/aromatic N) is 1. The van der Waals surface area contributed by atoms with Crippen LogP contribution in [0.25, 0.3) is 0 Å². The van der Waals surface area contributed by atoms with Gasteiger partial charge in [-0.25, -0.2) is 4.79 Å². The highest BCUT2D eigenvalue weighted by molar-refractivity contribution is 7.12. The maximum atomic E-state index is 10.9. The summed E-state index contributed by atoms with van der Waals surface area (Å²) < 4.78 is 5.40. The first-order valence-corrected chi connectivity index (χ1v) is 6.13. The van der Waals surface area contributed by atoms with E-state index < -0.39 is 10.9 Å². The number of non-ortho nitro benzene ring substituents is 1. The first-order valence-electron chi connectivity index (χ1n) is 5.25. The van der Waals surface area contributed by atoms with E-state index in [-0.39, 0.29) is 17.2 Å². The maximum Gasteiger partial charge on any atom is 0.346 e. The largest absolute Gasteiger partial charge is 0.489 e. The molecule has 0 saturated heterocycles. The number of carboxylic acids is 1. The van der Waals surface area contributed by atoms with Gasteiger partial charge in [0.25, 0.3) is 5.69 Å². The van der Waals surface area contributed by atoms with Crippen molar-refractivity contribution in [3.05, 3.63) is 56.3 Å². The van der Waals surface area contributed by atoms with Crippen molar-refractivity contribution in [3.63, 3.8) is 0 Å². The molecule has 0 radical (unpaired) electrons. The highest BCUT2D eigenvalue weighted by Gasteiger charge is 2.12. The zero-order chi connectivity index (χ0) is 13.8. The molecule has 7 heteroatoms. The molecule has 0 aliphatic rings. The number of thiophene rings is 1. The van der Waals surface area contributed by atoms with Crippen molar-refractivity contribution in [2.45, 2.75) is 6.61 Å². The number of nitro groups is 1. The SMILES string of the molecule is O=C(O)c1sccc1COc1ccc([N+](=O)[O-])cc1. The van der Waals surface area contributed by atoms with E-state index in [4.69, 9.17) is 9.84 Å². The molecule has 0 spiro atoms. The molecule has 0 aliphatic carbocycles. The van der Waals surface area contributed by atoms with Gasteiger partial charge in [0.05, 0.1) is 4.92 Å². The minimum atomic E-state index is -0.989. The Hall–Kier alpha value is -2.41. The van der Waals surface area contributed by atoms with Crippen molar-refractivity contribution in [1.29, 1.82) is 0 Å². The number of carbonyl (C=O) groups is 1. The van der Waals surface area contributed by atoms with Gasteiger partial charge in [0.1, 0.15) is 17.2 Å². The van der Waals surface area contributed by atoms with Gasteiger partial charge in [-0.05, 0) is 23.6 Å². The highest BCUT2D eigenvalue weighted by atomic mass is 32.1. The van der Waals surface area contributed by atoms with Crippen LogP contribution in [0.3, 0.4) is 0 Å². The molecule has 0 amide bonds. The second kappa shape index (κ2) is 5.49. The molecule has 2 rings (SSSR count). The number of aromatic carboxylic acids is 1. The first kappa shape index (κ1) is 13.0. The van der Waals surface area contributed by atoms with Crippen molar-refractivity contribution < 1.29 is 19.6 Å². The Balaban J connectivity index is 2.04. The third kappa shape index (κ3) is 3.08. The summed E-state index contributed by atoms with van der Waals surface area (Å²) in [7, 11) is 0. The topological polar surface area (TPSA) is 89.7 Å². The van der Waals surface area contributed by atoms with Crippen LogP contribution in [0, 0.1) is 10.1 Å². The highest BCUT2D eigenvalue weighted by Crippen LogP contribution is 2.21. The van der Waals surface area contributed by atoms with E-state index in [1.54, 1.807) is 11.4 Å². The van der Waals surface area contributed by atoms with Crippen LogP contribution in [0.5, 0.6) is 5.75 Å². The Kier molecular flexibility index (Phi) is 3.76. The third-order valence-corrected chi connectivity index (χ3v) is 3.33. The lowest BCUT2D eigenvalue weighted by molar-refractivity contribution is -0.384. The maximum absolute atomic E-state index is 10.9. The molecular weight excluding hydrogens is 270 g/mol. The molecule has 1 N–H and O–H groups in total. The van der Waals surface area contributed by atoms with Gasteiger partial charge in [-0.2, -0.15) is 0 Å². The van der Waals surface area contributed by atoms with Gasteiger partial charge in [-0.15, -0.1) is 11.3 Å². The average Bonchev–Trinajstić information content (AvgIpc) is 2.85. The van der Waals surface area contributed by atoms with Gasteiger partial charge in [-0.1, -0.05) is 0 Å². The van der Waals surface area contributed by atoms with Crippen LogP contribution in [-0.4, -0.2) is 16.0 Å². The Morgan fingerprint density at radius 3 is 2.58 bits per heavy atom. The number of carboxylic acid groups (broad SMARTS) is 1. The Morgan fingerprint density at radius 2 is 2.00 bits per heavy atom. The Labute approximate surface area is 112 Å². The summed E-state index contributed by atoms with van der Waals surface area (Å²) >= 11 is 1.13. The number of rotatable bonds is 5. The molecule has 1 heterocycles. The zero-order valence-electron chi connectivity index (χ0n) is 9.61. The van der Waals surface area contributed by atoms with E-state index >= 15 is 0 Å². The van der Waals surface area contributed by atoms with E-state index in [9.17, 15) is 14.9 Å². The smallest absolute Gasteiger partial charge is 0.346 e. The zero-order valence-corrected chi connectivity index (χ0v) is 10.4. The average molecular weight is 279 g/mol. The summed E-state index contributed by atoms with van der Waals surface area (Å²) in [5.41, 5.74) is 0.560. The Bertz CT molecular complexity index is 605. The van der Waals surface area contributed by atoms with Gasteiger partial charge in [0.2, 0.25) is 0 Å². The molecule has 2 aromatic rings. The second-order valence-electron chi connectivity index (χ2n) is 3.62. The van der Waals surface area contributed by atoms with E-state index in [2.05, 4.69) is 0 Å². The summed E-state index contributed by atoms with van der Waals surface area (Å²) in [6.45, 7) is 0.114. The van der Waals surface area contributed by atoms with Gasteiger partial charge >= 0.3 is 5.97 Å². The van der Waals surface area contributed by atoms with E-state index in [1.165, 1.54) is 24.3 Å². The van der Waals surface area contributed by atoms with E-state index in [0.29, 0.717) is 11.3 Å². The molecule has 0 saturated carbocycles. The molecule has 6 nitrogen and oxygen atoms in total. The fourth-order valence-electron chi connectivity index (χ4n) is 1.46. The van der Waals surface area contributed by atoms with E-state index in [0.717, 1.165) is 11.3 Å². The summed E-state index contributed by atoms with van der Waals surface area (Å²) in [4.78, 5) is 21.1. The summed E-state index contributed by atoms with van der Waals surface area (Å²) in [5.74, 6) is -0.537. The van der Waals surface area contributed by atoms with Crippen molar-refractivity contribution in [2.24, 2.45) is 0 Å². The molecule has 0 fully saturated rings. The monoisotopic (exact) mass is 279 g/mol.